The molecule has 7 nitrogen and oxygen atoms in total. The van der Waals surface area contributed by atoms with Crippen LogP contribution in [0.3, 0.4) is 0 Å². The normalized spacial score (nSPS) is 14.4. The molecule has 1 N–H and O–H groups in total. The summed E-state index contributed by atoms with van der Waals surface area (Å²) >= 11 is -1.24. The van der Waals surface area contributed by atoms with Gasteiger partial charge in [-0.3, -0.25) is 14.0 Å². The maximum Gasteiger partial charge on any atom is 0.261 e. The molecule has 3 rings (SSSR count). The maximum absolute atomic E-state index is 13.0. The van der Waals surface area contributed by atoms with Gasteiger partial charge in [-0.1, -0.05) is 6.07 Å². The molecule has 0 aliphatic heterocycles. The number of aryl methyl sites for hydroxylation is 2. The van der Waals surface area contributed by atoms with Crippen LogP contribution in [-0.2, 0) is 25.5 Å². The van der Waals surface area contributed by atoms with Gasteiger partial charge in [-0.25, -0.2) is 4.98 Å². The van der Waals surface area contributed by atoms with E-state index < -0.39 is 16.1 Å². The molecule has 28 heavy (non-hydrogen) atoms. The molecule has 1 aromatic carbocycles. The maximum atomic E-state index is 13.0. The number of aromatic nitrogens is 4. The van der Waals surface area contributed by atoms with Gasteiger partial charge in [-0.15, -0.1) is 4.72 Å². The van der Waals surface area contributed by atoms with Crippen LogP contribution >= 0.6 is 0 Å². The van der Waals surface area contributed by atoms with Crippen LogP contribution < -0.4 is 10.3 Å². The summed E-state index contributed by atoms with van der Waals surface area (Å²) in [4.78, 5) is 17.8. The Labute approximate surface area is 168 Å². The van der Waals surface area contributed by atoms with Crippen LogP contribution in [0.4, 0.5) is 0 Å². The Morgan fingerprint density at radius 2 is 1.93 bits per heavy atom. The number of fused-ring (bicyclic) bond motifs is 1. The minimum Gasteiger partial charge on any atom is -0.598 e. The minimum atomic E-state index is -1.24. The molecule has 3 aromatic rings. The Balaban J connectivity index is 2.20. The number of nitrogens with one attached hydrogen (secondary N) is 1. The number of hydrogen-bond donors (Lipinski definition) is 1. The van der Waals surface area contributed by atoms with Crippen LogP contribution in [0.25, 0.3) is 22.4 Å². The highest BCUT2D eigenvalue weighted by Crippen LogP contribution is 2.27. The third-order valence-electron chi connectivity index (χ3n) is 4.60. The first-order chi connectivity index (χ1) is 13.0. The number of hydrogen-bond acceptors (Lipinski definition) is 5. The van der Waals surface area contributed by atoms with Gasteiger partial charge >= 0.3 is 0 Å². The lowest BCUT2D eigenvalue weighted by atomic mass is 10.0. The van der Waals surface area contributed by atoms with E-state index in [1.165, 1.54) is 4.57 Å². The molecule has 0 amide bonds. The van der Waals surface area contributed by atoms with Crippen LogP contribution in [0, 0.1) is 6.92 Å². The summed E-state index contributed by atoms with van der Waals surface area (Å²) in [6.45, 7) is 9.65. The van der Waals surface area contributed by atoms with Crippen molar-refractivity contribution in [3.05, 3.63) is 45.9 Å². The molecule has 2 aromatic heterocycles. The van der Waals surface area contributed by atoms with Gasteiger partial charge in [0.1, 0.15) is 10.4 Å². The average Bonchev–Trinajstić information content (AvgIpc) is 3.03. The average molecular weight is 402 g/mol. The second kappa shape index (κ2) is 7.35. The van der Waals surface area contributed by atoms with Crippen LogP contribution in [0.15, 0.2) is 29.2 Å². The summed E-state index contributed by atoms with van der Waals surface area (Å²) in [5.74, 6) is 0.507. The Bertz CT molecular complexity index is 1080. The fraction of sp³-hybridized carbons (Fsp3) is 0.450. The van der Waals surface area contributed by atoms with Crippen LogP contribution in [-0.4, -0.2) is 28.6 Å². The van der Waals surface area contributed by atoms with E-state index in [1.54, 1.807) is 11.7 Å². The van der Waals surface area contributed by atoms with Crippen molar-refractivity contribution < 1.29 is 4.55 Å². The van der Waals surface area contributed by atoms with Crippen LogP contribution in [0.2, 0.25) is 0 Å². The molecule has 2 atom stereocenters. The predicted octanol–water partition coefficient (Wildman–Crippen LogP) is 2.76. The SMILES string of the molecule is Cc1cc(C(C)N[S+]([O-])C(C)(C)C)c2nc(-c3ccn(C)n3)n(C)c(=O)c2c1. The van der Waals surface area contributed by atoms with Crippen molar-refractivity contribution in [2.24, 2.45) is 14.1 Å². The summed E-state index contributed by atoms with van der Waals surface area (Å²) in [5, 5.41) is 4.94. The molecule has 0 bridgehead atoms. The van der Waals surface area contributed by atoms with E-state index in [-0.39, 0.29) is 11.6 Å². The Morgan fingerprint density at radius 3 is 2.50 bits per heavy atom. The summed E-state index contributed by atoms with van der Waals surface area (Å²) in [6, 6.07) is 5.44. The molecular formula is C20H27N5O2S. The van der Waals surface area contributed by atoms with Gasteiger partial charge in [0.05, 0.1) is 16.9 Å². The monoisotopic (exact) mass is 401 g/mol. The van der Waals surface area contributed by atoms with Gasteiger partial charge in [-0.2, -0.15) is 5.10 Å². The van der Waals surface area contributed by atoms with Crippen LogP contribution in [0.1, 0.15) is 44.9 Å². The summed E-state index contributed by atoms with van der Waals surface area (Å²) in [7, 11) is 3.53. The summed E-state index contributed by atoms with van der Waals surface area (Å²) in [6.07, 6.45) is 1.82. The third kappa shape index (κ3) is 3.85. The standard InChI is InChI=1S/C20H27N5O2S/c1-12-10-14(13(2)23-28(27)20(3,4)5)17-15(11-12)19(26)25(7)18(21-17)16-8-9-24(6)22-16/h8-11,13,23H,1-7H3. The van der Waals surface area contributed by atoms with Gasteiger partial charge in [0.25, 0.3) is 5.56 Å². The first kappa shape index (κ1) is 20.6. The topological polar surface area (TPSA) is 87.8 Å². The first-order valence-corrected chi connectivity index (χ1v) is 10.3. The number of rotatable bonds is 4. The number of benzene rings is 1. The Kier molecular flexibility index (Phi) is 5.40. The molecular weight excluding hydrogens is 374 g/mol. The molecule has 150 valence electrons. The summed E-state index contributed by atoms with van der Waals surface area (Å²) in [5.41, 5.74) is 2.93. The smallest absolute Gasteiger partial charge is 0.261 e. The molecule has 2 unspecified atom stereocenters. The molecule has 0 saturated heterocycles. The second-order valence-corrected chi connectivity index (χ2v) is 10.1. The molecule has 0 radical (unpaired) electrons. The molecule has 0 aliphatic carbocycles. The number of nitrogens with zero attached hydrogens (tertiary/aromatic N) is 4. The molecule has 0 saturated carbocycles. The van der Waals surface area contributed by atoms with E-state index >= 15 is 0 Å². The van der Waals surface area contributed by atoms with E-state index in [2.05, 4.69) is 9.82 Å². The van der Waals surface area contributed by atoms with Gasteiger partial charge in [-0.05, 0) is 52.3 Å². The van der Waals surface area contributed by atoms with Crippen molar-refractivity contribution in [2.75, 3.05) is 0 Å². The molecule has 0 aliphatic rings. The second-order valence-electron chi connectivity index (χ2n) is 8.15. The molecule has 0 spiro atoms. The quantitative estimate of drug-likeness (QED) is 0.679. The van der Waals surface area contributed by atoms with E-state index in [9.17, 15) is 9.35 Å². The minimum absolute atomic E-state index is 0.125. The van der Waals surface area contributed by atoms with E-state index in [0.717, 1.165) is 11.1 Å². The third-order valence-corrected chi connectivity index (χ3v) is 6.28. The van der Waals surface area contributed by atoms with Gasteiger partial charge < -0.3 is 4.55 Å². The molecule has 0 fully saturated rings. The molecule has 2 heterocycles. The highest BCUT2D eigenvalue weighted by atomic mass is 32.2. The zero-order valence-electron chi connectivity index (χ0n) is 17.4. The van der Waals surface area contributed by atoms with Crippen molar-refractivity contribution in [3.63, 3.8) is 0 Å². The first-order valence-electron chi connectivity index (χ1n) is 9.18. The fourth-order valence-corrected chi connectivity index (χ4v) is 3.85. The van der Waals surface area contributed by atoms with Crippen molar-refractivity contribution in [1.82, 2.24) is 24.1 Å². The lowest BCUT2D eigenvalue weighted by Crippen LogP contribution is -2.40. The largest absolute Gasteiger partial charge is 0.598 e. The van der Waals surface area contributed by atoms with Gasteiger partial charge in [0.2, 0.25) is 0 Å². The summed E-state index contributed by atoms with van der Waals surface area (Å²) < 4.78 is 18.6. The highest BCUT2D eigenvalue weighted by Gasteiger charge is 2.29. The lowest BCUT2D eigenvalue weighted by molar-refractivity contribution is 0.531. The van der Waals surface area contributed by atoms with Gasteiger partial charge in [0, 0.05) is 37.2 Å². The van der Waals surface area contributed by atoms with Crippen molar-refractivity contribution in [3.8, 4) is 11.5 Å². The predicted molar refractivity (Wildman–Crippen MR) is 113 cm³/mol. The zero-order valence-corrected chi connectivity index (χ0v) is 18.2. The molecule has 8 heteroatoms. The van der Waals surface area contributed by atoms with E-state index in [4.69, 9.17) is 4.98 Å². The highest BCUT2D eigenvalue weighted by molar-refractivity contribution is 7.90. The van der Waals surface area contributed by atoms with Gasteiger partial charge in [0.15, 0.2) is 5.82 Å². The Hall–Kier alpha value is -2.16. The fourth-order valence-electron chi connectivity index (χ4n) is 3.05. The van der Waals surface area contributed by atoms with Crippen LogP contribution in [0.5, 0.6) is 0 Å². The lowest BCUT2D eigenvalue weighted by Gasteiger charge is -2.27. The van der Waals surface area contributed by atoms with Crippen molar-refractivity contribution in [2.45, 2.75) is 45.4 Å². The van der Waals surface area contributed by atoms with Crippen molar-refractivity contribution >= 4 is 22.3 Å². The zero-order chi connectivity index (χ0) is 20.8. The van der Waals surface area contributed by atoms with E-state index in [0.29, 0.717) is 22.4 Å². The van der Waals surface area contributed by atoms with Crippen molar-refractivity contribution in [1.29, 1.82) is 0 Å². The van der Waals surface area contributed by atoms with E-state index in [1.807, 2.05) is 66.1 Å². The Morgan fingerprint density at radius 1 is 1.25 bits per heavy atom.